The molecule has 0 bridgehead atoms. The molecule has 3 nitrogen and oxygen atoms in total. The van der Waals surface area contributed by atoms with Gasteiger partial charge in [0, 0.05) is 19.2 Å². The Morgan fingerprint density at radius 3 is 2.71 bits per heavy atom. The zero-order chi connectivity index (χ0) is 10.6. The average Bonchev–Trinajstić information content (AvgIpc) is 2.22. The lowest BCUT2D eigenvalue weighted by Crippen LogP contribution is -2.37. The highest BCUT2D eigenvalue weighted by molar-refractivity contribution is 7.98. The first-order valence-electron chi connectivity index (χ1n) is 5.38. The molecule has 0 rings (SSSR count). The van der Waals surface area contributed by atoms with Crippen LogP contribution in [0.4, 0.5) is 0 Å². The summed E-state index contributed by atoms with van der Waals surface area (Å²) in [6, 6.07) is 0.469. The maximum absolute atomic E-state index is 8.59. The van der Waals surface area contributed by atoms with Crippen molar-refractivity contribution in [1.29, 1.82) is 0 Å². The molecule has 0 radical (unpaired) electrons. The molecule has 0 aliphatic carbocycles. The van der Waals surface area contributed by atoms with E-state index < -0.39 is 0 Å². The summed E-state index contributed by atoms with van der Waals surface area (Å²) in [6.07, 6.45) is 6.42. The van der Waals surface area contributed by atoms with Crippen LogP contribution in [0, 0.1) is 0 Å². The number of thioether (sulfide) groups is 1. The molecule has 0 heterocycles. The van der Waals surface area contributed by atoms with Gasteiger partial charge in [0.05, 0.1) is 0 Å². The van der Waals surface area contributed by atoms with Gasteiger partial charge in [-0.25, -0.2) is 0 Å². The SMILES string of the molecule is CSCCC(CN)NCCCCCO. The van der Waals surface area contributed by atoms with Crippen LogP contribution in [0.1, 0.15) is 25.7 Å². The maximum atomic E-state index is 8.59. The van der Waals surface area contributed by atoms with E-state index in [4.69, 9.17) is 10.8 Å². The molecule has 1 unspecified atom stereocenters. The van der Waals surface area contributed by atoms with Crippen molar-refractivity contribution in [3.05, 3.63) is 0 Å². The minimum absolute atomic E-state index is 0.312. The lowest BCUT2D eigenvalue weighted by molar-refractivity contribution is 0.282. The molecule has 0 aliphatic rings. The van der Waals surface area contributed by atoms with Crippen molar-refractivity contribution in [3.63, 3.8) is 0 Å². The van der Waals surface area contributed by atoms with Crippen LogP contribution in [0.25, 0.3) is 0 Å². The maximum Gasteiger partial charge on any atom is 0.0431 e. The molecule has 0 aromatic heterocycles. The Kier molecular flexibility index (Phi) is 11.5. The van der Waals surface area contributed by atoms with Crippen LogP contribution in [0.2, 0.25) is 0 Å². The monoisotopic (exact) mass is 220 g/mol. The molecule has 0 spiro atoms. The minimum atomic E-state index is 0.312. The molecule has 0 amide bonds. The highest BCUT2D eigenvalue weighted by Crippen LogP contribution is 2.00. The van der Waals surface area contributed by atoms with E-state index in [1.807, 2.05) is 11.8 Å². The first-order chi connectivity index (χ1) is 6.85. The first-order valence-corrected chi connectivity index (χ1v) is 6.77. The van der Waals surface area contributed by atoms with E-state index in [1.54, 1.807) is 0 Å². The van der Waals surface area contributed by atoms with Crippen LogP contribution in [0.3, 0.4) is 0 Å². The van der Waals surface area contributed by atoms with Crippen LogP contribution in [-0.4, -0.2) is 42.9 Å². The smallest absolute Gasteiger partial charge is 0.0431 e. The molecule has 0 aromatic rings. The molecule has 4 heteroatoms. The van der Waals surface area contributed by atoms with Crippen molar-refractivity contribution >= 4 is 11.8 Å². The van der Waals surface area contributed by atoms with Gasteiger partial charge in [-0.1, -0.05) is 0 Å². The van der Waals surface area contributed by atoms with Gasteiger partial charge in [0.1, 0.15) is 0 Å². The summed E-state index contributed by atoms with van der Waals surface area (Å²) in [4.78, 5) is 0. The second-order valence-corrected chi connectivity index (χ2v) is 4.44. The third-order valence-corrected chi connectivity index (χ3v) is 2.87. The van der Waals surface area contributed by atoms with Crippen LogP contribution >= 0.6 is 11.8 Å². The summed E-state index contributed by atoms with van der Waals surface area (Å²) >= 11 is 1.86. The fraction of sp³-hybridized carbons (Fsp3) is 1.00. The van der Waals surface area contributed by atoms with E-state index in [1.165, 1.54) is 5.75 Å². The number of hydrogen-bond donors (Lipinski definition) is 3. The minimum Gasteiger partial charge on any atom is -0.396 e. The van der Waals surface area contributed by atoms with Crippen molar-refractivity contribution < 1.29 is 5.11 Å². The Morgan fingerprint density at radius 1 is 1.36 bits per heavy atom. The zero-order valence-corrected chi connectivity index (χ0v) is 9.98. The Balaban J connectivity index is 3.24. The Hall–Kier alpha value is 0.230. The predicted molar refractivity (Wildman–Crippen MR) is 64.8 cm³/mol. The third-order valence-electron chi connectivity index (χ3n) is 2.22. The number of hydrogen-bond acceptors (Lipinski definition) is 4. The Morgan fingerprint density at radius 2 is 2.14 bits per heavy atom. The van der Waals surface area contributed by atoms with Gasteiger partial charge < -0.3 is 16.2 Å². The number of nitrogens with two attached hydrogens (primary N) is 1. The van der Waals surface area contributed by atoms with E-state index in [0.717, 1.165) is 38.8 Å². The number of nitrogens with one attached hydrogen (secondary N) is 1. The predicted octanol–water partition coefficient (Wildman–Crippen LogP) is 0.819. The molecular formula is C10H24N2OS. The topological polar surface area (TPSA) is 58.3 Å². The van der Waals surface area contributed by atoms with Gasteiger partial charge in [-0.3, -0.25) is 0 Å². The van der Waals surface area contributed by atoms with Gasteiger partial charge in [0.15, 0.2) is 0 Å². The van der Waals surface area contributed by atoms with E-state index >= 15 is 0 Å². The third kappa shape index (κ3) is 8.81. The van der Waals surface area contributed by atoms with Crippen LogP contribution in [0.15, 0.2) is 0 Å². The van der Waals surface area contributed by atoms with E-state index in [9.17, 15) is 0 Å². The Bertz CT molecular complexity index is 114. The van der Waals surface area contributed by atoms with Crippen LogP contribution in [0.5, 0.6) is 0 Å². The average molecular weight is 220 g/mol. The summed E-state index contributed by atoms with van der Waals surface area (Å²) in [5.41, 5.74) is 5.64. The fourth-order valence-corrected chi connectivity index (χ4v) is 1.80. The van der Waals surface area contributed by atoms with E-state index in [0.29, 0.717) is 12.6 Å². The standard InChI is InChI=1S/C10H24N2OS/c1-14-8-5-10(9-11)12-6-3-2-4-7-13/h10,12-13H,2-9,11H2,1H3. The molecule has 0 saturated heterocycles. The quantitative estimate of drug-likeness (QED) is 0.477. The fourth-order valence-electron chi connectivity index (χ4n) is 1.28. The molecule has 0 aliphatic heterocycles. The van der Waals surface area contributed by atoms with Gasteiger partial charge >= 0.3 is 0 Å². The lowest BCUT2D eigenvalue weighted by Gasteiger charge is -2.15. The summed E-state index contributed by atoms with van der Waals surface area (Å²) in [7, 11) is 0. The molecule has 1 atom stereocenters. The molecular weight excluding hydrogens is 196 g/mol. The van der Waals surface area contributed by atoms with Gasteiger partial charge in [0.25, 0.3) is 0 Å². The zero-order valence-electron chi connectivity index (χ0n) is 9.17. The molecule has 0 aromatic carbocycles. The van der Waals surface area contributed by atoms with Gasteiger partial charge in [-0.2, -0.15) is 11.8 Å². The molecule has 0 saturated carbocycles. The van der Waals surface area contributed by atoms with Crippen molar-refractivity contribution in [2.75, 3.05) is 31.7 Å². The van der Waals surface area contributed by atoms with Gasteiger partial charge in [0.2, 0.25) is 0 Å². The highest BCUT2D eigenvalue weighted by atomic mass is 32.2. The lowest BCUT2D eigenvalue weighted by atomic mass is 10.2. The highest BCUT2D eigenvalue weighted by Gasteiger charge is 2.03. The first kappa shape index (κ1) is 14.2. The Labute approximate surface area is 91.8 Å². The number of unbranched alkanes of at least 4 members (excludes halogenated alkanes) is 2. The molecule has 4 N–H and O–H groups in total. The van der Waals surface area contributed by atoms with Crippen molar-refractivity contribution in [2.45, 2.75) is 31.7 Å². The van der Waals surface area contributed by atoms with E-state index in [2.05, 4.69) is 11.6 Å². The number of aliphatic hydroxyl groups excluding tert-OH is 1. The largest absolute Gasteiger partial charge is 0.396 e. The molecule has 14 heavy (non-hydrogen) atoms. The summed E-state index contributed by atoms with van der Waals surface area (Å²) < 4.78 is 0. The summed E-state index contributed by atoms with van der Waals surface area (Å²) in [6.45, 7) is 2.06. The van der Waals surface area contributed by atoms with Gasteiger partial charge in [-0.15, -0.1) is 0 Å². The summed E-state index contributed by atoms with van der Waals surface area (Å²) in [5, 5.41) is 12.0. The van der Waals surface area contributed by atoms with Crippen LogP contribution < -0.4 is 11.1 Å². The van der Waals surface area contributed by atoms with Crippen LogP contribution in [-0.2, 0) is 0 Å². The van der Waals surface area contributed by atoms with Crippen molar-refractivity contribution in [1.82, 2.24) is 5.32 Å². The normalized spacial score (nSPS) is 13.1. The second-order valence-electron chi connectivity index (χ2n) is 3.45. The molecule has 86 valence electrons. The summed E-state index contributed by atoms with van der Waals surface area (Å²) in [5.74, 6) is 1.17. The molecule has 0 fully saturated rings. The number of rotatable bonds is 10. The van der Waals surface area contributed by atoms with Crippen molar-refractivity contribution in [2.24, 2.45) is 5.73 Å². The van der Waals surface area contributed by atoms with Crippen molar-refractivity contribution in [3.8, 4) is 0 Å². The van der Waals surface area contributed by atoms with E-state index in [-0.39, 0.29) is 0 Å². The van der Waals surface area contributed by atoms with Gasteiger partial charge in [-0.05, 0) is 44.2 Å². The number of aliphatic hydroxyl groups is 1. The second kappa shape index (κ2) is 11.3.